The Labute approximate surface area is 105 Å². The molecule has 0 radical (unpaired) electrons. The number of hydrogen-bond acceptors (Lipinski definition) is 3. The number of likely N-dealkylation sites (tertiary alicyclic amines) is 1. The minimum absolute atomic E-state index is 0.810. The predicted octanol–water partition coefficient (Wildman–Crippen LogP) is 1.89. The van der Waals surface area contributed by atoms with Crippen LogP contribution in [-0.4, -0.2) is 36.6 Å². The van der Waals surface area contributed by atoms with Crippen LogP contribution in [0.15, 0.2) is 22.9 Å². The standard InChI is InChI=1S/C12H18BrN3/c1-16-3-2-10(9-16)5-14-6-11-4-12(13)8-15-7-11/h4,7-8,10,14H,2-3,5-6,9H2,1H3. The van der Waals surface area contributed by atoms with Gasteiger partial charge in [-0.3, -0.25) is 4.98 Å². The van der Waals surface area contributed by atoms with Crippen molar-refractivity contribution >= 4 is 15.9 Å². The second kappa shape index (κ2) is 5.75. The molecule has 3 nitrogen and oxygen atoms in total. The van der Waals surface area contributed by atoms with E-state index in [2.05, 4.69) is 44.2 Å². The highest BCUT2D eigenvalue weighted by molar-refractivity contribution is 9.10. The molecule has 88 valence electrons. The van der Waals surface area contributed by atoms with E-state index in [-0.39, 0.29) is 0 Å². The maximum absolute atomic E-state index is 4.15. The highest BCUT2D eigenvalue weighted by Gasteiger charge is 2.18. The van der Waals surface area contributed by atoms with Crippen LogP contribution in [-0.2, 0) is 6.54 Å². The van der Waals surface area contributed by atoms with E-state index in [4.69, 9.17) is 0 Å². The molecular formula is C12H18BrN3. The second-order valence-electron chi connectivity index (χ2n) is 4.56. The van der Waals surface area contributed by atoms with Gasteiger partial charge in [-0.25, -0.2) is 0 Å². The van der Waals surface area contributed by atoms with Crippen molar-refractivity contribution in [3.8, 4) is 0 Å². The summed E-state index contributed by atoms with van der Waals surface area (Å²) in [6.45, 7) is 4.48. The molecule has 0 saturated carbocycles. The van der Waals surface area contributed by atoms with Crippen molar-refractivity contribution in [3.63, 3.8) is 0 Å². The molecule has 0 aromatic carbocycles. The summed E-state index contributed by atoms with van der Waals surface area (Å²) in [5.74, 6) is 0.810. The Bertz CT molecular complexity index is 343. The van der Waals surface area contributed by atoms with Crippen molar-refractivity contribution in [3.05, 3.63) is 28.5 Å². The molecule has 16 heavy (non-hydrogen) atoms. The van der Waals surface area contributed by atoms with Crippen molar-refractivity contribution in [1.29, 1.82) is 0 Å². The molecule has 0 spiro atoms. The van der Waals surface area contributed by atoms with E-state index in [1.54, 1.807) is 0 Å². The van der Waals surface area contributed by atoms with Gasteiger partial charge in [-0.2, -0.15) is 0 Å². The SMILES string of the molecule is CN1CCC(CNCc2cncc(Br)c2)C1. The van der Waals surface area contributed by atoms with E-state index in [0.29, 0.717) is 0 Å². The molecule has 0 aliphatic carbocycles. The smallest absolute Gasteiger partial charge is 0.0410 e. The molecule has 1 aromatic rings. The summed E-state index contributed by atoms with van der Waals surface area (Å²) in [4.78, 5) is 6.55. The lowest BCUT2D eigenvalue weighted by atomic mass is 10.1. The topological polar surface area (TPSA) is 28.2 Å². The Kier molecular flexibility index (Phi) is 4.32. The van der Waals surface area contributed by atoms with Gasteiger partial charge in [-0.15, -0.1) is 0 Å². The number of pyridine rings is 1. The van der Waals surface area contributed by atoms with Crippen LogP contribution in [0.1, 0.15) is 12.0 Å². The van der Waals surface area contributed by atoms with E-state index in [1.165, 1.54) is 25.1 Å². The zero-order valence-electron chi connectivity index (χ0n) is 9.62. The van der Waals surface area contributed by atoms with Crippen LogP contribution in [0.5, 0.6) is 0 Å². The minimum atomic E-state index is 0.810. The van der Waals surface area contributed by atoms with Crippen molar-refractivity contribution in [1.82, 2.24) is 15.2 Å². The summed E-state index contributed by atoms with van der Waals surface area (Å²) in [6, 6.07) is 2.11. The number of rotatable bonds is 4. The van der Waals surface area contributed by atoms with Crippen LogP contribution in [0.2, 0.25) is 0 Å². The van der Waals surface area contributed by atoms with Crippen LogP contribution < -0.4 is 5.32 Å². The largest absolute Gasteiger partial charge is 0.312 e. The average molecular weight is 284 g/mol. The third kappa shape index (κ3) is 3.54. The zero-order chi connectivity index (χ0) is 11.4. The van der Waals surface area contributed by atoms with E-state index in [1.807, 2.05) is 12.4 Å². The maximum Gasteiger partial charge on any atom is 0.0410 e. The molecule has 0 amide bonds. The van der Waals surface area contributed by atoms with Crippen LogP contribution in [0.4, 0.5) is 0 Å². The van der Waals surface area contributed by atoms with E-state index in [9.17, 15) is 0 Å². The van der Waals surface area contributed by atoms with Gasteiger partial charge in [0.15, 0.2) is 0 Å². The quantitative estimate of drug-likeness (QED) is 0.915. The molecule has 1 atom stereocenters. The van der Waals surface area contributed by atoms with Crippen LogP contribution in [0.3, 0.4) is 0 Å². The maximum atomic E-state index is 4.15. The number of hydrogen-bond donors (Lipinski definition) is 1. The number of halogens is 1. The Morgan fingerprint density at radius 2 is 2.44 bits per heavy atom. The van der Waals surface area contributed by atoms with Gasteiger partial charge in [-0.1, -0.05) is 0 Å². The van der Waals surface area contributed by atoms with Crippen molar-refractivity contribution in [2.24, 2.45) is 5.92 Å². The molecule has 1 saturated heterocycles. The second-order valence-corrected chi connectivity index (χ2v) is 5.47. The summed E-state index contributed by atoms with van der Waals surface area (Å²) in [5.41, 5.74) is 1.24. The lowest BCUT2D eigenvalue weighted by Gasteiger charge is -2.11. The molecule has 1 unspecified atom stereocenters. The zero-order valence-corrected chi connectivity index (χ0v) is 11.2. The summed E-state index contributed by atoms with van der Waals surface area (Å²) >= 11 is 3.43. The van der Waals surface area contributed by atoms with E-state index >= 15 is 0 Å². The molecule has 1 N–H and O–H groups in total. The Hall–Kier alpha value is -0.450. The highest BCUT2D eigenvalue weighted by atomic mass is 79.9. The molecule has 1 fully saturated rings. The van der Waals surface area contributed by atoms with Gasteiger partial charge in [0, 0.05) is 30.0 Å². The Morgan fingerprint density at radius 3 is 3.12 bits per heavy atom. The first kappa shape index (κ1) is 12.0. The van der Waals surface area contributed by atoms with Crippen molar-refractivity contribution < 1.29 is 0 Å². The Morgan fingerprint density at radius 1 is 1.56 bits per heavy atom. The molecule has 4 heteroatoms. The van der Waals surface area contributed by atoms with Crippen molar-refractivity contribution in [2.75, 3.05) is 26.7 Å². The van der Waals surface area contributed by atoms with Crippen molar-refractivity contribution in [2.45, 2.75) is 13.0 Å². The van der Waals surface area contributed by atoms with Crippen LogP contribution in [0.25, 0.3) is 0 Å². The highest BCUT2D eigenvalue weighted by Crippen LogP contribution is 2.13. The predicted molar refractivity (Wildman–Crippen MR) is 69.2 cm³/mol. The molecule has 2 heterocycles. The lowest BCUT2D eigenvalue weighted by Crippen LogP contribution is -2.24. The summed E-state index contributed by atoms with van der Waals surface area (Å²) in [5, 5.41) is 3.50. The van der Waals surface area contributed by atoms with E-state index < -0.39 is 0 Å². The fraction of sp³-hybridized carbons (Fsp3) is 0.583. The lowest BCUT2D eigenvalue weighted by molar-refractivity contribution is 0.388. The first-order valence-electron chi connectivity index (χ1n) is 5.73. The number of aromatic nitrogens is 1. The number of nitrogens with zero attached hydrogens (tertiary/aromatic N) is 2. The van der Waals surface area contributed by atoms with Crippen LogP contribution >= 0.6 is 15.9 Å². The van der Waals surface area contributed by atoms with Crippen LogP contribution in [0, 0.1) is 5.92 Å². The molecular weight excluding hydrogens is 266 g/mol. The van der Waals surface area contributed by atoms with Gasteiger partial charge < -0.3 is 10.2 Å². The Balaban J connectivity index is 1.72. The summed E-state index contributed by atoms with van der Waals surface area (Å²) in [7, 11) is 2.19. The summed E-state index contributed by atoms with van der Waals surface area (Å²) in [6.07, 6.45) is 5.05. The molecule has 0 bridgehead atoms. The molecule has 1 aliphatic rings. The van der Waals surface area contributed by atoms with Gasteiger partial charge in [0.1, 0.15) is 0 Å². The molecule has 1 aliphatic heterocycles. The minimum Gasteiger partial charge on any atom is -0.312 e. The molecule has 1 aromatic heterocycles. The summed E-state index contributed by atoms with van der Waals surface area (Å²) < 4.78 is 1.05. The number of nitrogens with one attached hydrogen (secondary N) is 1. The van der Waals surface area contributed by atoms with Gasteiger partial charge in [-0.05, 0) is 60.0 Å². The third-order valence-electron chi connectivity index (χ3n) is 3.01. The molecule has 2 rings (SSSR count). The van der Waals surface area contributed by atoms with Gasteiger partial charge in [0.2, 0.25) is 0 Å². The first-order chi connectivity index (χ1) is 7.74. The van der Waals surface area contributed by atoms with Gasteiger partial charge in [0.05, 0.1) is 0 Å². The average Bonchev–Trinajstić information content (AvgIpc) is 2.64. The fourth-order valence-corrected chi connectivity index (χ4v) is 2.58. The first-order valence-corrected chi connectivity index (χ1v) is 6.52. The normalized spacial score (nSPS) is 21.5. The van der Waals surface area contributed by atoms with Gasteiger partial charge >= 0.3 is 0 Å². The van der Waals surface area contributed by atoms with Gasteiger partial charge in [0.25, 0.3) is 0 Å². The third-order valence-corrected chi connectivity index (χ3v) is 3.45. The monoisotopic (exact) mass is 283 g/mol. The van der Waals surface area contributed by atoms with E-state index in [0.717, 1.165) is 23.5 Å². The fourth-order valence-electron chi connectivity index (χ4n) is 2.17.